The van der Waals surface area contributed by atoms with Crippen LogP contribution in [-0.2, 0) is 14.2 Å². The molecular formula is C19H39N3O3. The number of methoxy groups -OCH3 is 1. The van der Waals surface area contributed by atoms with E-state index in [4.69, 9.17) is 14.2 Å². The first kappa shape index (κ1) is 22.2. The molecule has 0 amide bonds. The maximum atomic E-state index is 6.02. The third kappa shape index (κ3) is 13.1. The Kier molecular flexibility index (Phi) is 14.7. The number of ether oxygens (including phenoxy) is 3. The number of hydrogen-bond acceptors (Lipinski definition) is 4. The van der Waals surface area contributed by atoms with E-state index >= 15 is 0 Å². The maximum Gasteiger partial charge on any atom is 0.190 e. The lowest BCUT2D eigenvalue weighted by Crippen LogP contribution is -2.38. The van der Waals surface area contributed by atoms with Crippen molar-refractivity contribution in [1.29, 1.82) is 0 Å². The molecule has 2 N–H and O–H groups in total. The van der Waals surface area contributed by atoms with E-state index in [9.17, 15) is 0 Å². The molecule has 0 aromatic rings. The first-order valence-corrected chi connectivity index (χ1v) is 9.99. The molecule has 0 heterocycles. The summed E-state index contributed by atoms with van der Waals surface area (Å²) in [7, 11) is 3.49. The van der Waals surface area contributed by atoms with Crippen LogP contribution in [0.4, 0.5) is 0 Å². The second-order valence-corrected chi connectivity index (χ2v) is 6.58. The minimum atomic E-state index is 0.510. The molecule has 1 rings (SSSR count). The zero-order valence-corrected chi connectivity index (χ0v) is 16.4. The van der Waals surface area contributed by atoms with Gasteiger partial charge in [-0.1, -0.05) is 25.7 Å². The number of nitrogens with zero attached hydrogens (tertiary/aromatic N) is 1. The zero-order valence-electron chi connectivity index (χ0n) is 16.4. The van der Waals surface area contributed by atoms with Crippen molar-refractivity contribution in [3.63, 3.8) is 0 Å². The van der Waals surface area contributed by atoms with Crippen LogP contribution in [0.5, 0.6) is 0 Å². The maximum absolute atomic E-state index is 6.02. The van der Waals surface area contributed by atoms with Crippen LogP contribution in [0.1, 0.15) is 57.8 Å². The molecule has 1 aliphatic rings. The molecule has 0 saturated heterocycles. The van der Waals surface area contributed by atoms with Crippen molar-refractivity contribution in [3.8, 4) is 0 Å². The molecule has 0 spiro atoms. The van der Waals surface area contributed by atoms with Crippen molar-refractivity contribution in [1.82, 2.24) is 10.6 Å². The Labute approximate surface area is 154 Å². The second kappa shape index (κ2) is 16.6. The molecule has 0 bridgehead atoms. The average molecular weight is 358 g/mol. The van der Waals surface area contributed by atoms with E-state index in [2.05, 4.69) is 15.6 Å². The summed E-state index contributed by atoms with van der Waals surface area (Å²) >= 11 is 0. The summed E-state index contributed by atoms with van der Waals surface area (Å²) in [5.74, 6) is 0.863. The Morgan fingerprint density at radius 1 is 0.880 bits per heavy atom. The van der Waals surface area contributed by atoms with Crippen molar-refractivity contribution in [2.75, 3.05) is 53.7 Å². The van der Waals surface area contributed by atoms with Gasteiger partial charge in [0.1, 0.15) is 0 Å². The van der Waals surface area contributed by atoms with E-state index in [0.29, 0.717) is 19.3 Å². The molecule has 6 heteroatoms. The Morgan fingerprint density at radius 3 is 2.28 bits per heavy atom. The molecule has 0 aromatic carbocycles. The van der Waals surface area contributed by atoms with Gasteiger partial charge in [-0.05, 0) is 32.1 Å². The average Bonchev–Trinajstić information content (AvgIpc) is 2.90. The highest BCUT2D eigenvalue weighted by molar-refractivity contribution is 5.79. The van der Waals surface area contributed by atoms with Crippen LogP contribution in [0.25, 0.3) is 0 Å². The van der Waals surface area contributed by atoms with Gasteiger partial charge >= 0.3 is 0 Å². The summed E-state index contributed by atoms with van der Waals surface area (Å²) in [6.07, 6.45) is 11.6. The largest absolute Gasteiger partial charge is 0.382 e. The molecule has 0 unspecified atom stereocenters. The topological polar surface area (TPSA) is 64.1 Å². The number of unbranched alkanes of at least 4 members (excludes halogenated alkanes) is 1. The van der Waals surface area contributed by atoms with Crippen molar-refractivity contribution in [2.24, 2.45) is 4.99 Å². The number of guanidine groups is 1. The van der Waals surface area contributed by atoms with Gasteiger partial charge in [-0.25, -0.2) is 0 Å². The summed E-state index contributed by atoms with van der Waals surface area (Å²) < 4.78 is 16.4. The molecule has 1 fully saturated rings. The van der Waals surface area contributed by atoms with E-state index < -0.39 is 0 Å². The molecule has 25 heavy (non-hydrogen) atoms. The molecule has 0 aromatic heterocycles. The van der Waals surface area contributed by atoms with E-state index in [1.54, 1.807) is 14.2 Å². The summed E-state index contributed by atoms with van der Waals surface area (Å²) in [5.41, 5.74) is 0. The molecule has 1 saturated carbocycles. The minimum Gasteiger partial charge on any atom is -0.382 e. The highest BCUT2D eigenvalue weighted by Crippen LogP contribution is 2.19. The van der Waals surface area contributed by atoms with Crippen molar-refractivity contribution in [3.05, 3.63) is 0 Å². The Balaban J connectivity index is 1.91. The molecule has 148 valence electrons. The van der Waals surface area contributed by atoms with Gasteiger partial charge < -0.3 is 24.8 Å². The fraction of sp³-hybridized carbons (Fsp3) is 0.947. The fourth-order valence-electron chi connectivity index (χ4n) is 2.94. The molecule has 6 nitrogen and oxygen atoms in total. The predicted octanol–water partition coefficient (Wildman–Crippen LogP) is 2.72. The SMILES string of the molecule is CN=C(NCCCCOC1CCCCCC1)NCCCOCCOC. The van der Waals surface area contributed by atoms with Crippen LogP contribution in [0.3, 0.4) is 0 Å². The van der Waals surface area contributed by atoms with E-state index in [1.807, 2.05) is 0 Å². The smallest absolute Gasteiger partial charge is 0.190 e. The normalized spacial score (nSPS) is 16.6. The Bertz CT molecular complexity index is 319. The first-order valence-electron chi connectivity index (χ1n) is 9.99. The van der Waals surface area contributed by atoms with Gasteiger partial charge in [-0.15, -0.1) is 0 Å². The van der Waals surface area contributed by atoms with E-state index in [0.717, 1.165) is 51.5 Å². The monoisotopic (exact) mass is 357 g/mol. The van der Waals surface area contributed by atoms with Crippen molar-refractivity contribution in [2.45, 2.75) is 63.9 Å². The Hall–Kier alpha value is -0.850. The number of aliphatic imine (C=N–C) groups is 1. The highest BCUT2D eigenvalue weighted by atomic mass is 16.5. The van der Waals surface area contributed by atoms with E-state index in [1.165, 1.54) is 38.5 Å². The lowest BCUT2D eigenvalue weighted by molar-refractivity contribution is 0.0411. The quantitative estimate of drug-likeness (QED) is 0.230. The third-order valence-electron chi connectivity index (χ3n) is 4.43. The van der Waals surface area contributed by atoms with Gasteiger partial charge in [0, 0.05) is 40.5 Å². The Morgan fingerprint density at radius 2 is 1.60 bits per heavy atom. The zero-order chi connectivity index (χ0) is 18.0. The van der Waals surface area contributed by atoms with Crippen LogP contribution in [0, 0.1) is 0 Å². The number of rotatable bonds is 13. The van der Waals surface area contributed by atoms with E-state index in [-0.39, 0.29) is 0 Å². The summed E-state index contributed by atoms with van der Waals surface area (Å²) in [4.78, 5) is 4.24. The van der Waals surface area contributed by atoms with Gasteiger partial charge in [0.25, 0.3) is 0 Å². The lowest BCUT2D eigenvalue weighted by Gasteiger charge is -2.15. The second-order valence-electron chi connectivity index (χ2n) is 6.58. The third-order valence-corrected chi connectivity index (χ3v) is 4.43. The van der Waals surface area contributed by atoms with Gasteiger partial charge in [-0.3, -0.25) is 4.99 Å². The van der Waals surface area contributed by atoms with Gasteiger partial charge in [-0.2, -0.15) is 0 Å². The summed E-state index contributed by atoms with van der Waals surface area (Å²) in [6, 6.07) is 0. The number of hydrogen-bond donors (Lipinski definition) is 2. The summed E-state index contributed by atoms with van der Waals surface area (Å²) in [5, 5.41) is 6.66. The van der Waals surface area contributed by atoms with Crippen LogP contribution in [0.2, 0.25) is 0 Å². The minimum absolute atomic E-state index is 0.510. The molecular weight excluding hydrogens is 318 g/mol. The van der Waals surface area contributed by atoms with Crippen molar-refractivity contribution < 1.29 is 14.2 Å². The van der Waals surface area contributed by atoms with Gasteiger partial charge in [0.05, 0.1) is 19.3 Å². The van der Waals surface area contributed by atoms with Crippen LogP contribution in [-0.4, -0.2) is 65.7 Å². The van der Waals surface area contributed by atoms with Crippen molar-refractivity contribution >= 4 is 5.96 Å². The lowest BCUT2D eigenvalue weighted by atomic mass is 10.1. The standard InChI is InChI=1S/C19H39N3O3/c1-20-19(22-13-9-14-24-17-16-23-2)21-12-7-8-15-25-18-10-5-3-4-6-11-18/h18H,3-17H2,1-2H3,(H2,20,21,22). The highest BCUT2D eigenvalue weighted by Gasteiger charge is 2.11. The molecule has 0 aliphatic heterocycles. The molecule has 0 radical (unpaired) electrons. The van der Waals surface area contributed by atoms with Crippen LogP contribution >= 0.6 is 0 Å². The van der Waals surface area contributed by atoms with Gasteiger partial charge in [0.2, 0.25) is 0 Å². The predicted molar refractivity (Wildman–Crippen MR) is 103 cm³/mol. The van der Waals surface area contributed by atoms with Crippen LogP contribution < -0.4 is 10.6 Å². The molecule has 0 atom stereocenters. The summed E-state index contributed by atoms with van der Waals surface area (Å²) in [6.45, 7) is 4.73. The molecule has 1 aliphatic carbocycles. The first-order chi connectivity index (χ1) is 12.4. The fourth-order valence-corrected chi connectivity index (χ4v) is 2.94. The van der Waals surface area contributed by atoms with Gasteiger partial charge in [0.15, 0.2) is 5.96 Å². The van der Waals surface area contributed by atoms with Crippen LogP contribution in [0.15, 0.2) is 4.99 Å². The number of nitrogens with one attached hydrogen (secondary N) is 2.